The van der Waals surface area contributed by atoms with Crippen molar-refractivity contribution in [3.05, 3.63) is 64.8 Å². The van der Waals surface area contributed by atoms with Gasteiger partial charge in [-0.2, -0.15) is 0 Å². The summed E-state index contributed by atoms with van der Waals surface area (Å²) in [5, 5.41) is 4.91. The van der Waals surface area contributed by atoms with Crippen LogP contribution < -0.4 is 10.1 Å². The molecule has 1 unspecified atom stereocenters. The van der Waals surface area contributed by atoms with Crippen LogP contribution >= 0.6 is 0 Å². The van der Waals surface area contributed by atoms with Crippen LogP contribution in [0.25, 0.3) is 10.9 Å². The van der Waals surface area contributed by atoms with Crippen LogP contribution in [0.15, 0.2) is 42.5 Å². The summed E-state index contributed by atoms with van der Waals surface area (Å²) < 4.78 is 8.96. The molecule has 128 valence electrons. The van der Waals surface area contributed by atoms with Crippen LogP contribution in [0.2, 0.25) is 0 Å². The van der Waals surface area contributed by atoms with Crippen LogP contribution in [0.5, 0.6) is 5.75 Å². The van der Waals surface area contributed by atoms with Crippen molar-refractivity contribution in [1.82, 2.24) is 9.88 Å². The molecule has 0 spiro atoms. The third-order valence-electron chi connectivity index (χ3n) is 5.85. The van der Waals surface area contributed by atoms with Crippen molar-refractivity contribution in [3.63, 3.8) is 0 Å². The minimum absolute atomic E-state index is 0.0290. The van der Waals surface area contributed by atoms with Gasteiger partial charge in [0.2, 0.25) is 0 Å². The molecule has 0 radical (unpaired) electrons. The van der Waals surface area contributed by atoms with Crippen LogP contribution in [0, 0.1) is 6.92 Å². The predicted molar refractivity (Wildman–Crippen MR) is 101 cm³/mol. The van der Waals surface area contributed by atoms with Crippen LogP contribution in [-0.2, 0) is 24.9 Å². The van der Waals surface area contributed by atoms with Crippen LogP contribution in [0.3, 0.4) is 0 Å². The molecular formula is C22H24N2O. The van der Waals surface area contributed by atoms with Gasteiger partial charge in [0.15, 0.2) is 0 Å². The number of aryl methyl sites for hydroxylation is 1. The maximum absolute atomic E-state index is 6.41. The number of rotatable bonds is 1. The molecule has 2 aliphatic heterocycles. The molecule has 3 heteroatoms. The smallest absolute Gasteiger partial charge is 0.143 e. The summed E-state index contributed by atoms with van der Waals surface area (Å²) in [7, 11) is 0. The average molecular weight is 332 g/mol. The van der Waals surface area contributed by atoms with E-state index in [4.69, 9.17) is 4.74 Å². The Morgan fingerprint density at radius 1 is 1.16 bits per heavy atom. The van der Waals surface area contributed by atoms with E-state index in [1.54, 1.807) is 0 Å². The molecule has 3 heterocycles. The second-order valence-electron chi connectivity index (χ2n) is 7.81. The molecule has 1 aromatic heterocycles. The lowest BCUT2D eigenvalue weighted by Gasteiger charge is -2.30. The van der Waals surface area contributed by atoms with E-state index in [9.17, 15) is 0 Å². The van der Waals surface area contributed by atoms with Crippen molar-refractivity contribution < 1.29 is 4.74 Å². The molecule has 5 rings (SSSR count). The molecule has 2 aromatic carbocycles. The second-order valence-corrected chi connectivity index (χ2v) is 7.81. The summed E-state index contributed by atoms with van der Waals surface area (Å²) in [6, 6.07) is 15.4. The fourth-order valence-corrected chi connectivity index (χ4v) is 4.54. The first-order valence-electron chi connectivity index (χ1n) is 9.19. The number of nitrogens with one attached hydrogen (secondary N) is 1. The third-order valence-corrected chi connectivity index (χ3v) is 5.85. The van der Waals surface area contributed by atoms with Crippen LogP contribution in [0.1, 0.15) is 29.3 Å². The van der Waals surface area contributed by atoms with E-state index in [1.807, 2.05) is 0 Å². The first kappa shape index (κ1) is 15.0. The quantitative estimate of drug-likeness (QED) is 0.730. The van der Waals surface area contributed by atoms with Gasteiger partial charge in [-0.15, -0.1) is 0 Å². The summed E-state index contributed by atoms with van der Waals surface area (Å²) >= 11 is 0. The van der Waals surface area contributed by atoms with E-state index in [1.165, 1.54) is 33.3 Å². The molecule has 0 aliphatic carbocycles. The topological polar surface area (TPSA) is 26.2 Å². The third kappa shape index (κ3) is 2.22. The number of aromatic nitrogens is 1. The van der Waals surface area contributed by atoms with Crippen molar-refractivity contribution in [2.45, 2.75) is 38.8 Å². The van der Waals surface area contributed by atoms with E-state index >= 15 is 0 Å². The van der Waals surface area contributed by atoms with E-state index < -0.39 is 0 Å². The summed E-state index contributed by atoms with van der Waals surface area (Å²) in [4.78, 5) is 0. The number of ether oxygens (including phenoxy) is 1. The predicted octanol–water partition coefficient (Wildman–Crippen LogP) is 3.95. The molecule has 3 nitrogen and oxygen atoms in total. The Balaban J connectivity index is 1.76. The van der Waals surface area contributed by atoms with Gasteiger partial charge in [0.1, 0.15) is 5.75 Å². The lowest BCUT2D eigenvalue weighted by molar-refractivity contribution is 0.221. The zero-order chi connectivity index (χ0) is 17.0. The summed E-state index contributed by atoms with van der Waals surface area (Å²) in [5.41, 5.74) is 6.85. The van der Waals surface area contributed by atoms with Gasteiger partial charge in [-0.25, -0.2) is 0 Å². The molecule has 0 fully saturated rings. The maximum Gasteiger partial charge on any atom is 0.143 e. The van der Waals surface area contributed by atoms with Crippen molar-refractivity contribution in [2.24, 2.45) is 0 Å². The Morgan fingerprint density at radius 2 is 2.00 bits per heavy atom. The molecule has 25 heavy (non-hydrogen) atoms. The Hall–Kier alpha value is -2.26. The second kappa shape index (κ2) is 5.37. The van der Waals surface area contributed by atoms with E-state index in [2.05, 4.69) is 66.2 Å². The van der Waals surface area contributed by atoms with Crippen molar-refractivity contribution in [3.8, 4) is 5.75 Å². The van der Waals surface area contributed by atoms with Crippen molar-refractivity contribution in [2.75, 3.05) is 13.2 Å². The number of benzene rings is 2. The molecule has 0 saturated heterocycles. The van der Waals surface area contributed by atoms with Gasteiger partial charge in [-0.05, 0) is 35.7 Å². The maximum atomic E-state index is 6.41. The normalized spacial score (nSPS) is 22.3. The Bertz CT molecular complexity index is 957. The highest BCUT2D eigenvalue weighted by molar-refractivity contribution is 5.91. The van der Waals surface area contributed by atoms with Gasteiger partial charge in [-0.1, -0.05) is 37.3 Å². The first-order valence-corrected chi connectivity index (χ1v) is 9.19. The van der Waals surface area contributed by atoms with Crippen molar-refractivity contribution in [1.29, 1.82) is 0 Å². The van der Waals surface area contributed by atoms with Crippen LogP contribution in [-0.4, -0.2) is 17.7 Å². The Kier molecular flexibility index (Phi) is 3.23. The molecule has 1 atom stereocenters. The zero-order valence-corrected chi connectivity index (χ0v) is 14.9. The van der Waals surface area contributed by atoms with Gasteiger partial charge in [0, 0.05) is 42.6 Å². The summed E-state index contributed by atoms with van der Waals surface area (Å²) in [6.07, 6.45) is 1.09. The Labute approximate surface area is 148 Å². The largest absolute Gasteiger partial charge is 0.490 e. The first-order chi connectivity index (χ1) is 12.2. The van der Waals surface area contributed by atoms with Gasteiger partial charge in [0.25, 0.3) is 0 Å². The molecule has 2 aliphatic rings. The molecular weight excluding hydrogens is 308 g/mol. The van der Waals surface area contributed by atoms with E-state index in [0.29, 0.717) is 6.61 Å². The molecule has 0 bridgehead atoms. The lowest BCUT2D eigenvalue weighted by atomic mass is 9.83. The zero-order valence-electron chi connectivity index (χ0n) is 14.9. The monoisotopic (exact) mass is 332 g/mol. The number of hydrogen-bond acceptors (Lipinski definition) is 2. The minimum Gasteiger partial charge on any atom is -0.490 e. The van der Waals surface area contributed by atoms with Gasteiger partial charge >= 0.3 is 0 Å². The fourth-order valence-electron chi connectivity index (χ4n) is 4.54. The highest BCUT2D eigenvalue weighted by Crippen LogP contribution is 2.41. The lowest BCUT2D eigenvalue weighted by Crippen LogP contribution is -2.34. The number of fused-ring (bicyclic) bond motifs is 3. The van der Waals surface area contributed by atoms with E-state index in [0.717, 1.165) is 31.8 Å². The van der Waals surface area contributed by atoms with E-state index in [-0.39, 0.29) is 5.41 Å². The number of hydrogen-bond donors (Lipinski definition) is 1. The number of nitrogens with zero attached hydrogens (tertiary/aromatic N) is 1. The molecule has 0 amide bonds. The highest BCUT2D eigenvalue weighted by Gasteiger charge is 2.34. The molecule has 3 aromatic rings. The summed E-state index contributed by atoms with van der Waals surface area (Å²) in [5.74, 6) is 1.05. The summed E-state index contributed by atoms with van der Waals surface area (Å²) in [6.45, 7) is 8.20. The van der Waals surface area contributed by atoms with Crippen molar-refractivity contribution >= 4 is 10.9 Å². The Morgan fingerprint density at radius 3 is 2.84 bits per heavy atom. The molecule has 1 N–H and O–H groups in total. The highest BCUT2D eigenvalue weighted by atomic mass is 16.5. The van der Waals surface area contributed by atoms with Gasteiger partial charge in [0.05, 0.1) is 12.1 Å². The molecule has 0 saturated carbocycles. The minimum atomic E-state index is -0.0290. The van der Waals surface area contributed by atoms with Gasteiger partial charge < -0.3 is 14.6 Å². The average Bonchev–Trinajstić information content (AvgIpc) is 2.84. The van der Waals surface area contributed by atoms with Crippen LogP contribution in [0.4, 0.5) is 0 Å². The fraction of sp³-hybridized carbons (Fsp3) is 0.364. The standard InChI is InChI=1S/C22H24N2O/c1-15-10-17-18-12-23-9-8-19(18)24-13-22(2,16-6-4-3-5-7-16)14-25-20(11-15)21(17)24/h3-7,10-11,23H,8-9,12-14H2,1-2H3. The van der Waals surface area contributed by atoms with Gasteiger partial charge in [-0.3, -0.25) is 0 Å². The SMILES string of the molecule is Cc1cc2c3c(c1)c1c(n3CC(C)(c3ccccc3)CO2)CCNC1.